The largest absolute Gasteiger partial charge is 0.376 e. The Morgan fingerprint density at radius 2 is 1.11 bits per heavy atom. The predicted molar refractivity (Wildman–Crippen MR) is 156 cm³/mol. The number of fused-ring (bicyclic) bond motifs is 2. The summed E-state index contributed by atoms with van der Waals surface area (Å²) in [5, 5.41) is 0. The number of unbranched alkanes of at least 4 members (excludes halogenated alkanes) is 3. The van der Waals surface area contributed by atoms with Crippen molar-refractivity contribution in [3.8, 4) is 0 Å². The van der Waals surface area contributed by atoms with Crippen LogP contribution >= 0.6 is 0 Å². The second-order valence-electron chi connectivity index (χ2n) is 15.2. The first-order valence-electron chi connectivity index (χ1n) is 16.4. The number of rotatable bonds is 11. The van der Waals surface area contributed by atoms with Crippen molar-refractivity contribution in [3.05, 3.63) is 0 Å². The van der Waals surface area contributed by atoms with Crippen LogP contribution in [0.25, 0.3) is 0 Å². The Balaban J connectivity index is 1.41. The molecule has 0 saturated heterocycles. The average molecular weight is 503 g/mol. The molecule has 4 aliphatic rings. The van der Waals surface area contributed by atoms with E-state index in [1.54, 1.807) is 51.4 Å². The third-order valence-corrected chi connectivity index (χ3v) is 16.9. The van der Waals surface area contributed by atoms with Crippen molar-refractivity contribution in [2.45, 2.75) is 167 Å². The summed E-state index contributed by atoms with van der Waals surface area (Å²) in [5.74, 6) is 6.53. The minimum Gasteiger partial charge on any atom is -0.376 e. The normalized spacial score (nSPS) is 37.9. The van der Waals surface area contributed by atoms with E-state index >= 15 is 0 Å². The van der Waals surface area contributed by atoms with Crippen LogP contribution in [0, 0.1) is 35.5 Å². The molecule has 0 aromatic rings. The van der Waals surface area contributed by atoms with E-state index in [-0.39, 0.29) is 5.60 Å². The molecular formula is C33H62OSi. The Bertz CT molecular complexity index is 635. The van der Waals surface area contributed by atoms with Gasteiger partial charge in [0.2, 0.25) is 0 Å². The molecule has 0 aliphatic heterocycles. The molecule has 2 heteroatoms. The second-order valence-corrected chi connectivity index (χ2v) is 20.3. The maximum absolute atomic E-state index is 6.05. The van der Waals surface area contributed by atoms with Crippen molar-refractivity contribution in [2.75, 3.05) is 6.61 Å². The molecule has 4 aliphatic carbocycles. The van der Waals surface area contributed by atoms with Crippen molar-refractivity contribution in [2.24, 2.45) is 35.5 Å². The first-order chi connectivity index (χ1) is 16.7. The van der Waals surface area contributed by atoms with E-state index in [1.807, 2.05) is 0 Å². The molecule has 0 amide bonds. The van der Waals surface area contributed by atoms with Crippen LogP contribution in [0.5, 0.6) is 0 Å². The molecule has 1 nitrogen and oxygen atoms in total. The maximum atomic E-state index is 6.05. The van der Waals surface area contributed by atoms with E-state index in [2.05, 4.69) is 40.8 Å². The lowest BCUT2D eigenvalue weighted by atomic mass is 9.76. The van der Waals surface area contributed by atoms with Gasteiger partial charge in [0.05, 0.1) is 13.7 Å². The molecule has 0 aromatic heterocycles. The molecule has 35 heavy (non-hydrogen) atoms. The highest BCUT2D eigenvalue weighted by atomic mass is 28.3. The van der Waals surface area contributed by atoms with Crippen molar-refractivity contribution in [3.63, 3.8) is 0 Å². The van der Waals surface area contributed by atoms with Crippen LogP contribution in [0.1, 0.15) is 137 Å². The molecular weight excluding hydrogens is 440 g/mol. The molecule has 8 unspecified atom stereocenters. The van der Waals surface area contributed by atoms with Gasteiger partial charge in [-0.05, 0) is 99.5 Å². The fraction of sp³-hybridized carbons (Fsp3) is 1.00. The Morgan fingerprint density at radius 1 is 0.657 bits per heavy atom. The van der Waals surface area contributed by atoms with E-state index in [0.717, 1.165) is 53.2 Å². The molecule has 0 heterocycles. The number of hydrogen-bond donors (Lipinski definition) is 0. The molecule has 0 bridgehead atoms. The smallest absolute Gasteiger partial charge is 0.0598 e. The topological polar surface area (TPSA) is 9.23 Å². The van der Waals surface area contributed by atoms with Crippen LogP contribution in [-0.2, 0) is 4.74 Å². The average Bonchev–Trinajstić information content (AvgIpc) is 3.38. The van der Waals surface area contributed by atoms with Gasteiger partial charge in [0.1, 0.15) is 0 Å². The Labute approximate surface area is 221 Å². The predicted octanol–water partition coefficient (Wildman–Crippen LogP) is 10.7. The Kier molecular flexibility index (Phi) is 9.95. The van der Waals surface area contributed by atoms with Gasteiger partial charge in [0.15, 0.2) is 0 Å². The van der Waals surface area contributed by atoms with E-state index in [4.69, 9.17) is 4.74 Å². The zero-order chi connectivity index (χ0) is 25.1. The molecule has 0 aromatic carbocycles. The third kappa shape index (κ3) is 6.79. The van der Waals surface area contributed by atoms with Gasteiger partial charge < -0.3 is 4.74 Å². The minimum absolute atomic E-state index is 0.0230. The van der Waals surface area contributed by atoms with Gasteiger partial charge in [-0.2, -0.15) is 0 Å². The number of ether oxygens (including phenoxy) is 1. The highest BCUT2D eigenvalue weighted by Gasteiger charge is 2.57. The summed E-state index contributed by atoms with van der Waals surface area (Å²) in [7, 11) is -1.29. The van der Waals surface area contributed by atoms with E-state index < -0.39 is 8.07 Å². The summed E-state index contributed by atoms with van der Waals surface area (Å²) in [4.78, 5) is 0. The van der Waals surface area contributed by atoms with Gasteiger partial charge >= 0.3 is 0 Å². The molecule has 0 N–H and O–H groups in total. The van der Waals surface area contributed by atoms with Crippen LogP contribution in [0.2, 0.25) is 24.2 Å². The second kappa shape index (κ2) is 12.4. The highest BCUT2D eigenvalue weighted by molar-refractivity contribution is 6.80. The Hall–Kier alpha value is 0.177. The van der Waals surface area contributed by atoms with Crippen molar-refractivity contribution < 1.29 is 4.74 Å². The maximum Gasteiger partial charge on any atom is 0.0598 e. The molecule has 4 rings (SSSR count). The lowest BCUT2D eigenvalue weighted by molar-refractivity contribution is -0.00523. The highest BCUT2D eigenvalue weighted by Crippen LogP contribution is 2.64. The summed E-state index contributed by atoms with van der Waals surface area (Å²) >= 11 is 0. The van der Waals surface area contributed by atoms with Crippen molar-refractivity contribution >= 4 is 8.07 Å². The van der Waals surface area contributed by atoms with E-state index in [0.29, 0.717) is 0 Å². The minimum atomic E-state index is -1.29. The summed E-state index contributed by atoms with van der Waals surface area (Å²) in [6.07, 6.45) is 25.8. The zero-order valence-electron chi connectivity index (χ0n) is 24.8. The van der Waals surface area contributed by atoms with Crippen LogP contribution in [0.4, 0.5) is 0 Å². The van der Waals surface area contributed by atoms with Crippen LogP contribution in [0.15, 0.2) is 0 Å². The Morgan fingerprint density at radius 3 is 1.57 bits per heavy atom. The molecule has 0 spiro atoms. The van der Waals surface area contributed by atoms with Gasteiger partial charge in [-0.25, -0.2) is 0 Å². The van der Waals surface area contributed by atoms with Crippen LogP contribution in [0.3, 0.4) is 0 Å². The molecule has 4 saturated carbocycles. The van der Waals surface area contributed by atoms with Gasteiger partial charge in [0, 0.05) is 6.61 Å². The summed E-state index contributed by atoms with van der Waals surface area (Å²) < 4.78 is 6.05. The first-order valence-corrected chi connectivity index (χ1v) is 19.5. The van der Waals surface area contributed by atoms with Gasteiger partial charge in [0.25, 0.3) is 0 Å². The monoisotopic (exact) mass is 502 g/mol. The van der Waals surface area contributed by atoms with Crippen molar-refractivity contribution in [1.82, 2.24) is 0 Å². The van der Waals surface area contributed by atoms with E-state index in [9.17, 15) is 0 Å². The quantitative estimate of drug-likeness (QED) is 0.201. The lowest BCUT2D eigenvalue weighted by Gasteiger charge is -2.45. The SMILES string of the molecule is CCCCCC1CC([Si](C)(C)C2CC(CCCCOC(C)(C)C)C3CCCCC32)C2CCCCC12. The molecule has 204 valence electrons. The first kappa shape index (κ1) is 28.2. The van der Waals surface area contributed by atoms with Crippen molar-refractivity contribution in [1.29, 1.82) is 0 Å². The molecule has 0 radical (unpaired) electrons. The fourth-order valence-electron chi connectivity index (χ4n) is 10.1. The standard InChI is InChI=1S/C33H62OSi/c1-7-8-9-16-25-23-31(29-20-12-10-18-27(25)29)35(5,6)32-24-26(28-19-11-13-21-30(28)32)17-14-15-22-34-33(2,3)4/h25-32H,7-24H2,1-6H3. The lowest BCUT2D eigenvalue weighted by Crippen LogP contribution is -2.43. The van der Waals surface area contributed by atoms with Gasteiger partial charge in [-0.15, -0.1) is 0 Å². The zero-order valence-corrected chi connectivity index (χ0v) is 25.8. The van der Waals surface area contributed by atoms with E-state index in [1.165, 1.54) is 57.8 Å². The molecule has 8 atom stereocenters. The fourth-order valence-corrected chi connectivity index (χ4v) is 15.5. The summed E-state index contributed by atoms with van der Waals surface area (Å²) in [6.45, 7) is 15.7. The summed E-state index contributed by atoms with van der Waals surface area (Å²) in [5.41, 5.74) is 2.30. The third-order valence-electron chi connectivity index (χ3n) is 11.7. The number of hydrogen-bond acceptors (Lipinski definition) is 1. The van der Waals surface area contributed by atoms with Gasteiger partial charge in [-0.3, -0.25) is 0 Å². The summed E-state index contributed by atoms with van der Waals surface area (Å²) in [6, 6.07) is 0. The van der Waals surface area contributed by atoms with Gasteiger partial charge in [-0.1, -0.05) is 97.1 Å². The van der Waals surface area contributed by atoms with Crippen LogP contribution in [-0.4, -0.2) is 20.3 Å². The van der Waals surface area contributed by atoms with Crippen LogP contribution < -0.4 is 0 Å². The molecule has 4 fully saturated rings.